The van der Waals surface area contributed by atoms with Gasteiger partial charge in [0, 0.05) is 13.7 Å². The molecule has 0 N–H and O–H groups in total. The van der Waals surface area contributed by atoms with E-state index in [-0.39, 0.29) is 13.2 Å². The molecule has 0 radical (unpaired) electrons. The molecule has 0 aliphatic rings. The first-order chi connectivity index (χ1) is 17.1. The minimum absolute atomic E-state index is 0.110. The van der Waals surface area contributed by atoms with E-state index in [9.17, 15) is 9.46 Å². The van der Waals surface area contributed by atoms with Crippen LogP contribution in [0.15, 0.2) is 0 Å². The fourth-order valence-corrected chi connectivity index (χ4v) is 5.17. The molecular weight excluding hydrogens is 475 g/mol. The summed E-state index contributed by atoms with van der Waals surface area (Å²) in [6.45, 7) is 4.61. The quantitative estimate of drug-likeness (QED) is 0.0687. The summed E-state index contributed by atoms with van der Waals surface area (Å²) in [5.74, 6) is 0. The van der Waals surface area contributed by atoms with Gasteiger partial charge in [0.05, 0.1) is 27.7 Å². The summed E-state index contributed by atoms with van der Waals surface area (Å²) < 4.78 is 28.4. The molecule has 36 heavy (non-hydrogen) atoms. The molecular formula is C28H61N2O5P. The minimum Gasteiger partial charge on any atom is -0.756 e. The number of hydrogen-bond acceptors (Lipinski definition) is 6. The second-order valence-electron chi connectivity index (χ2n) is 11.5. The van der Waals surface area contributed by atoms with Gasteiger partial charge in [0.25, 0.3) is 7.82 Å². The van der Waals surface area contributed by atoms with Gasteiger partial charge in [-0.2, -0.15) is 0 Å². The van der Waals surface area contributed by atoms with Gasteiger partial charge in [0.15, 0.2) is 0 Å². The fraction of sp³-hybridized carbons (Fsp3) is 1.00. The maximum Gasteiger partial charge on any atom is 0.268 e. The van der Waals surface area contributed by atoms with Crippen molar-refractivity contribution in [2.45, 2.75) is 116 Å². The highest BCUT2D eigenvalue weighted by Crippen LogP contribution is 2.39. The Labute approximate surface area is 224 Å². The minimum atomic E-state index is -4.35. The van der Waals surface area contributed by atoms with Crippen LogP contribution in [-0.2, 0) is 18.3 Å². The number of likely N-dealkylation sites (N-methyl/N-ethyl adjacent to an activating group) is 2. The molecule has 0 aromatic heterocycles. The molecule has 0 aliphatic carbocycles. The molecule has 2 atom stereocenters. The number of phosphoric acid groups is 1. The maximum absolute atomic E-state index is 12.2. The second-order valence-corrected chi connectivity index (χ2v) is 12.9. The fourth-order valence-electron chi connectivity index (χ4n) is 4.31. The summed E-state index contributed by atoms with van der Waals surface area (Å²) in [5, 5.41) is 0. The molecule has 0 bridgehead atoms. The lowest BCUT2D eigenvalue weighted by atomic mass is 10.0. The zero-order valence-corrected chi connectivity index (χ0v) is 25.7. The Hall–Kier alpha value is -0.0100. The smallest absolute Gasteiger partial charge is 0.268 e. The normalized spacial score (nSPS) is 14.9. The lowest BCUT2D eigenvalue weighted by molar-refractivity contribution is -0.870. The van der Waals surface area contributed by atoms with Crippen molar-refractivity contribution in [3.05, 3.63) is 0 Å². The van der Waals surface area contributed by atoms with E-state index in [4.69, 9.17) is 13.8 Å². The Kier molecular flexibility index (Phi) is 22.9. The van der Waals surface area contributed by atoms with E-state index in [0.717, 1.165) is 13.0 Å². The first-order valence-electron chi connectivity index (χ1n) is 14.7. The lowest BCUT2D eigenvalue weighted by Crippen LogP contribution is -2.38. The van der Waals surface area contributed by atoms with E-state index in [1.807, 2.05) is 28.2 Å². The standard InChI is InChI=1S/C28H61N2O5P/c1-7-8-9-10-11-12-13-14-15-16-17-18-19-20-21-22-23-29(2)26-28(27-33-6)35-36(31,32)34-25-24-30(3,4)5/h28H,7-27H2,1-6H3/t28-/m1/s1. The number of quaternary nitrogens is 1. The van der Waals surface area contributed by atoms with Gasteiger partial charge in [-0.1, -0.05) is 103 Å². The van der Waals surface area contributed by atoms with Crippen LogP contribution in [-0.4, -0.2) is 83.6 Å². The summed E-state index contributed by atoms with van der Waals surface area (Å²) in [7, 11) is 5.17. The van der Waals surface area contributed by atoms with Gasteiger partial charge in [-0.05, 0) is 20.0 Å². The van der Waals surface area contributed by atoms with Gasteiger partial charge in [-0.25, -0.2) is 0 Å². The Morgan fingerprint density at radius 2 is 1.25 bits per heavy atom. The number of unbranched alkanes of at least 4 members (excludes halogenated alkanes) is 15. The number of rotatable bonds is 27. The molecule has 0 aliphatic heterocycles. The van der Waals surface area contributed by atoms with E-state index in [1.165, 1.54) is 96.3 Å². The van der Waals surface area contributed by atoms with Crippen LogP contribution in [0.1, 0.15) is 110 Å². The molecule has 7 nitrogen and oxygen atoms in total. The van der Waals surface area contributed by atoms with Crippen molar-refractivity contribution in [2.75, 3.05) is 68.1 Å². The molecule has 0 rings (SSSR count). The third-order valence-electron chi connectivity index (χ3n) is 6.55. The SMILES string of the molecule is CCCCCCCCCCCCCCCCCCN(C)C[C@H](COC)OP(=O)([O-])OCC[N+](C)(C)C. The summed E-state index contributed by atoms with van der Waals surface area (Å²) in [5.41, 5.74) is 0. The predicted molar refractivity (Wildman–Crippen MR) is 150 cm³/mol. The van der Waals surface area contributed by atoms with Gasteiger partial charge in [0.1, 0.15) is 19.3 Å². The van der Waals surface area contributed by atoms with Crippen LogP contribution in [0.5, 0.6) is 0 Å². The average Bonchev–Trinajstić information content (AvgIpc) is 2.77. The highest BCUT2D eigenvalue weighted by Gasteiger charge is 2.21. The Morgan fingerprint density at radius 3 is 1.67 bits per heavy atom. The molecule has 0 amide bonds. The highest BCUT2D eigenvalue weighted by atomic mass is 31.2. The van der Waals surface area contributed by atoms with E-state index < -0.39 is 13.9 Å². The third kappa shape index (κ3) is 25.6. The molecule has 1 unspecified atom stereocenters. The lowest BCUT2D eigenvalue weighted by Gasteiger charge is -2.31. The van der Waals surface area contributed by atoms with Crippen molar-refractivity contribution in [3.8, 4) is 0 Å². The zero-order chi connectivity index (χ0) is 27.1. The number of ether oxygens (including phenoxy) is 1. The van der Waals surface area contributed by atoms with E-state index in [2.05, 4.69) is 11.8 Å². The maximum atomic E-state index is 12.2. The summed E-state index contributed by atoms with van der Waals surface area (Å²) in [6.07, 6.45) is 21.2. The number of methoxy groups -OCH3 is 1. The van der Waals surface area contributed by atoms with Crippen molar-refractivity contribution in [2.24, 2.45) is 0 Å². The molecule has 0 heterocycles. The van der Waals surface area contributed by atoms with Crippen molar-refractivity contribution < 1.29 is 27.7 Å². The largest absolute Gasteiger partial charge is 0.756 e. The second kappa shape index (κ2) is 22.9. The summed E-state index contributed by atoms with van der Waals surface area (Å²) in [4.78, 5) is 14.3. The van der Waals surface area contributed by atoms with Crippen molar-refractivity contribution in [3.63, 3.8) is 0 Å². The van der Waals surface area contributed by atoms with Crippen LogP contribution >= 0.6 is 7.82 Å². The van der Waals surface area contributed by atoms with Gasteiger partial charge < -0.3 is 28.1 Å². The van der Waals surface area contributed by atoms with E-state index in [1.54, 1.807) is 7.11 Å². The Morgan fingerprint density at radius 1 is 0.806 bits per heavy atom. The third-order valence-corrected chi connectivity index (χ3v) is 7.61. The molecule has 0 saturated carbocycles. The number of nitrogens with zero attached hydrogens (tertiary/aromatic N) is 2. The molecule has 0 fully saturated rings. The van der Waals surface area contributed by atoms with Gasteiger partial charge >= 0.3 is 0 Å². The van der Waals surface area contributed by atoms with Crippen LogP contribution in [0.4, 0.5) is 0 Å². The Balaban J connectivity index is 3.76. The molecule has 0 aromatic carbocycles. The Bertz CT molecular complexity index is 531. The summed E-state index contributed by atoms with van der Waals surface area (Å²) >= 11 is 0. The van der Waals surface area contributed by atoms with E-state index >= 15 is 0 Å². The van der Waals surface area contributed by atoms with Gasteiger partial charge in [0.2, 0.25) is 0 Å². The van der Waals surface area contributed by atoms with Crippen molar-refractivity contribution in [1.82, 2.24) is 4.90 Å². The first kappa shape index (κ1) is 36.0. The molecule has 0 aromatic rings. The van der Waals surface area contributed by atoms with Crippen molar-refractivity contribution in [1.29, 1.82) is 0 Å². The highest BCUT2D eigenvalue weighted by molar-refractivity contribution is 7.45. The van der Waals surface area contributed by atoms with Crippen LogP contribution in [0, 0.1) is 0 Å². The number of phosphoric ester groups is 1. The monoisotopic (exact) mass is 536 g/mol. The van der Waals surface area contributed by atoms with Gasteiger partial charge in [-0.3, -0.25) is 4.57 Å². The zero-order valence-electron chi connectivity index (χ0n) is 24.8. The average molecular weight is 537 g/mol. The molecule has 218 valence electrons. The topological polar surface area (TPSA) is 71.1 Å². The summed E-state index contributed by atoms with van der Waals surface area (Å²) in [6, 6.07) is 0. The van der Waals surface area contributed by atoms with E-state index in [0.29, 0.717) is 17.6 Å². The van der Waals surface area contributed by atoms with Crippen LogP contribution in [0.3, 0.4) is 0 Å². The number of hydrogen-bond donors (Lipinski definition) is 0. The van der Waals surface area contributed by atoms with Crippen LogP contribution < -0.4 is 4.89 Å². The molecule has 0 saturated heterocycles. The van der Waals surface area contributed by atoms with Gasteiger partial charge in [-0.15, -0.1) is 0 Å². The predicted octanol–water partition coefficient (Wildman–Crippen LogP) is 6.40. The van der Waals surface area contributed by atoms with Crippen LogP contribution in [0.25, 0.3) is 0 Å². The molecule has 8 heteroatoms. The van der Waals surface area contributed by atoms with Crippen LogP contribution in [0.2, 0.25) is 0 Å². The molecule has 0 spiro atoms. The first-order valence-corrected chi connectivity index (χ1v) is 16.2. The van der Waals surface area contributed by atoms with Crippen molar-refractivity contribution >= 4 is 7.82 Å².